The number of hydrogen-bond acceptors (Lipinski definition) is 6. The van der Waals surface area contributed by atoms with Crippen molar-refractivity contribution in [3.05, 3.63) is 23.3 Å². The van der Waals surface area contributed by atoms with Gasteiger partial charge in [0.1, 0.15) is 0 Å². The number of Topliss-reactive ketones (excluding diaryl/α,β-unsaturated/α-hetero) is 1. The summed E-state index contributed by atoms with van der Waals surface area (Å²) in [5.41, 5.74) is 0.668. The van der Waals surface area contributed by atoms with Crippen molar-refractivity contribution in [1.82, 2.24) is 0 Å². The van der Waals surface area contributed by atoms with Crippen LogP contribution in [0.15, 0.2) is 12.1 Å². The lowest BCUT2D eigenvalue weighted by molar-refractivity contribution is 0.0821. The zero-order valence-electron chi connectivity index (χ0n) is 10.6. The number of carbonyl (C=O) groups excluding carboxylic acids is 1. The van der Waals surface area contributed by atoms with Crippen molar-refractivity contribution in [1.29, 1.82) is 0 Å². The van der Waals surface area contributed by atoms with Crippen molar-refractivity contribution in [2.45, 2.75) is 24.0 Å². The molecule has 0 spiro atoms. The van der Waals surface area contributed by atoms with E-state index in [9.17, 15) is 9.59 Å². The summed E-state index contributed by atoms with van der Waals surface area (Å²) in [7, 11) is 0. The van der Waals surface area contributed by atoms with Crippen molar-refractivity contribution in [2.24, 2.45) is 0 Å². The van der Waals surface area contributed by atoms with Gasteiger partial charge in [-0.25, -0.2) is 4.79 Å². The fourth-order valence-corrected chi connectivity index (χ4v) is 3.42. The molecule has 7 heteroatoms. The molecule has 20 heavy (non-hydrogen) atoms. The Hall–Kier alpha value is -1.89. The van der Waals surface area contributed by atoms with Gasteiger partial charge in [0.15, 0.2) is 22.7 Å². The topological polar surface area (TPSA) is 82.1 Å². The van der Waals surface area contributed by atoms with Crippen LogP contribution in [-0.2, 0) is 11.2 Å². The fraction of sp³-hybridized carbons (Fsp3) is 0.385. The van der Waals surface area contributed by atoms with E-state index in [2.05, 4.69) is 0 Å². The minimum absolute atomic E-state index is 0.0558. The van der Waals surface area contributed by atoms with Crippen molar-refractivity contribution in [2.75, 3.05) is 6.79 Å². The number of carbonyl (C=O) groups is 2. The molecule has 0 saturated carbocycles. The fourth-order valence-electron chi connectivity index (χ4n) is 2.30. The zero-order valence-corrected chi connectivity index (χ0v) is 11.4. The van der Waals surface area contributed by atoms with Crippen LogP contribution in [-0.4, -0.2) is 34.5 Å². The highest BCUT2D eigenvalue weighted by Gasteiger charge is 2.32. The first-order chi connectivity index (χ1) is 9.54. The van der Waals surface area contributed by atoms with Crippen LogP contribution in [0.3, 0.4) is 0 Å². The van der Waals surface area contributed by atoms with E-state index in [1.807, 2.05) is 0 Å². The molecule has 0 aliphatic carbocycles. The largest absolute Gasteiger partial charge is 0.506 e. The second kappa shape index (κ2) is 4.90. The van der Waals surface area contributed by atoms with Crippen LogP contribution >= 0.6 is 11.8 Å². The van der Waals surface area contributed by atoms with Gasteiger partial charge in [-0.3, -0.25) is 4.79 Å². The first-order valence-corrected chi connectivity index (χ1v) is 7.00. The third-order valence-electron chi connectivity index (χ3n) is 3.21. The average Bonchev–Trinajstić information content (AvgIpc) is 2.78. The normalized spacial score (nSPS) is 23.9. The maximum absolute atomic E-state index is 12.3. The quantitative estimate of drug-likeness (QED) is 0.796. The van der Waals surface area contributed by atoms with Gasteiger partial charge in [0.2, 0.25) is 6.79 Å². The van der Waals surface area contributed by atoms with Gasteiger partial charge >= 0.3 is 6.16 Å². The molecule has 3 rings (SSSR count). The third-order valence-corrected chi connectivity index (χ3v) is 4.40. The van der Waals surface area contributed by atoms with Gasteiger partial charge in [0.05, 0.1) is 5.25 Å². The molecule has 2 unspecified atom stereocenters. The minimum Gasteiger partial charge on any atom is -0.454 e. The predicted octanol–water partition coefficient (Wildman–Crippen LogP) is 2.30. The molecule has 1 aromatic rings. The van der Waals surface area contributed by atoms with E-state index in [0.29, 0.717) is 23.5 Å². The number of hydrogen-bond donors (Lipinski definition) is 1. The number of ketones is 1. The maximum Gasteiger partial charge on any atom is 0.506 e. The summed E-state index contributed by atoms with van der Waals surface area (Å²) >= 11 is 1.20. The summed E-state index contributed by atoms with van der Waals surface area (Å²) in [6, 6.07) is 3.40. The summed E-state index contributed by atoms with van der Waals surface area (Å²) in [5.74, 6) is 1.07. The molecule has 0 saturated heterocycles. The highest BCUT2D eigenvalue weighted by Crippen LogP contribution is 2.39. The Morgan fingerprint density at radius 1 is 1.40 bits per heavy atom. The second-order valence-electron chi connectivity index (χ2n) is 4.52. The van der Waals surface area contributed by atoms with E-state index in [1.54, 1.807) is 19.1 Å². The summed E-state index contributed by atoms with van der Waals surface area (Å²) in [6.45, 7) is 1.87. The average molecular weight is 296 g/mol. The summed E-state index contributed by atoms with van der Waals surface area (Å²) in [6.07, 6.45) is -1.01. The van der Waals surface area contributed by atoms with Crippen molar-refractivity contribution in [3.8, 4) is 11.5 Å². The van der Waals surface area contributed by atoms with Gasteiger partial charge < -0.3 is 19.3 Å². The molecular weight excluding hydrogens is 284 g/mol. The van der Waals surface area contributed by atoms with Gasteiger partial charge in [-0.05, 0) is 24.6 Å². The lowest BCUT2D eigenvalue weighted by atomic mass is 9.99. The van der Waals surface area contributed by atoms with Gasteiger partial charge in [0, 0.05) is 12.0 Å². The molecule has 0 radical (unpaired) electrons. The molecular formula is C13H12O6S. The number of thioether (sulfide) groups is 1. The van der Waals surface area contributed by atoms with Gasteiger partial charge in [-0.2, -0.15) is 0 Å². The van der Waals surface area contributed by atoms with Crippen LogP contribution in [0.1, 0.15) is 22.8 Å². The summed E-state index contributed by atoms with van der Waals surface area (Å²) in [5, 5.41) is 8.37. The van der Waals surface area contributed by atoms with Crippen LogP contribution in [0.5, 0.6) is 11.5 Å². The number of benzene rings is 1. The molecule has 0 bridgehead atoms. The van der Waals surface area contributed by atoms with Crippen LogP contribution in [0.2, 0.25) is 0 Å². The summed E-state index contributed by atoms with van der Waals surface area (Å²) in [4.78, 5) is 23.0. The third kappa shape index (κ3) is 2.29. The molecule has 106 valence electrons. The van der Waals surface area contributed by atoms with Crippen molar-refractivity contribution >= 4 is 23.7 Å². The zero-order chi connectivity index (χ0) is 14.3. The van der Waals surface area contributed by atoms with Crippen LogP contribution < -0.4 is 9.47 Å². The van der Waals surface area contributed by atoms with E-state index in [-0.39, 0.29) is 17.8 Å². The Bertz CT molecular complexity index is 584. The van der Waals surface area contributed by atoms with Gasteiger partial charge in [0.25, 0.3) is 0 Å². The smallest absolute Gasteiger partial charge is 0.454 e. The Balaban J connectivity index is 2.00. The molecule has 1 N–H and O–H groups in total. The van der Waals surface area contributed by atoms with E-state index >= 15 is 0 Å². The number of carboxylic acid groups (broad SMARTS) is 1. The van der Waals surface area contributed by atoms with Gasteiger partial charge in [-0.15, -0.1) is 11.8 Å². The minimum atomic E-state index is -1.34. The molecule has 2 aliphatic heterocycles. The lowest BCUT2D eigenvalue weighted by Crippen LogP contribution is -2.18. The monoisotopic (exact) mass is 296 g/mol. The van der Waals surface area contributed by atoms with Gasteiger partial charge in [-0.1, -0.05) is 0 Å². The number of fused-ring (bicyclic) bond motifs is 2. The Morgan fingerprint density at radius 2 is 2.10 bits per heavy atom. The van der Waals surface area contributed by atoms with Crippen LogP contribution in [0, 0.1) is 0 Å². The highest BCUT2D eigenvalue weighted by molar-refractivity contribution is 8.01. The molecule has 6 nitrogen and oxygen atoms in total. The Labute approximate surface area is 119 Å². The first kappa shape index (κ1) is 13.1. The van der Waals surface area contributed by atoms with E-state index < -0.39 is 11.6 Å². The van der Waals surface area contributed by atoms with Crippen LogP contribution in [0.4, 0.5) is 4.79 Å². The maximum atomic E-state index is 12.3. The van der Waals surface area contributed by atoms with Crippen molar-refractivity contribution < 1.29 is 28.9 Å². The molecule has 0 amide bonds. The molecule has 0 aromatic heterocycles. The first-order valence-electron chi connectivity index (χ1n) is 6.06. The van der Waals surface area contributed by atoms with Crippen molar-refractivity contribution in [3.63, 3.8) is 0 Å². The SMILES string of the molecule is CC1SC(OC(=O)O)Cc2cc3c(cc2C1=O)OCO3. The number of rotatable bonds is 1. The van der Waals surface area contributed by atoms with E-state index in [1.165, 1.54) is 11.8 Å². The Morgan fingerprint density at radius 3 is 2.80 bits per heavy atom. The Kier molecular flexibility index (Phi) is 3.21. The second-order valence-corrected chi connectivity index (χ2v) is 6.03. The molecule has 1 aromatic carbocycles. The predicted molar refractivity (Wildman–Crippen MR) is 70.6 cm³/mol. The lowest BCUT2D eigenvalue weighted by Gasteiger charge is -2.14. The van der Waals surface area contributed by atoms with E-state index in [4.69, 9.17) is 19.3 Å². The summed E-state index contributed by atoms with van der Waals surface area (Å²) < 4.78 is 15.4. The highest BCUT2D eigenvalue weighted by atomic mass is 32.2. The standard InChI is InChI=1S/C13H12O6S/c1-6-12(14)8-4-10-9(17-5-18-10)2-7(8)3-11(20-6)19-13(15)16/h2,4,6,11H,3,5H2,1H3,(H,15,16). The van der Waals surface area contributed by atoms with E-state index in [0.717, 1.165) is 5.56 Å². The molecule has 2 atom stereocenters. The molecule has 0 fully saturated rings. The number of ether oxygens (including phenoxy) is 3. The molecule has 2 aliphatic rings. The molecule has 2 heterocycles. The van der Waals surface area contributed by atoms with Crippen LogP contribution in [0.25, 0.3) is 0 Å².